The normalized spacial score (nSPS) is 12.2. The second kappa shape index (κ2) is 9.47. The Hall–Kier alpha value is -0.460. The highest BCUT2D eigenvalue weighted by Crippen LogP contribution is 2.20. The number of rotatable bonds is 6. The SMILES string of the molecule is NCCN(CCN)CCN.O=S(=O)(O)C(F)(F)F. The second-order valence-corrected chi connectivity index (χ2v) is 4.54. The first-order valence-electron chi connectivity index (χ1n) is 4.96. The van der Waals surface area contributed by atoms with Gasteiger partial charge in [-0.25, -0.2) is 0 Å². The van der Waals surface area contributed by atoms with Gasteiger partial charge in [-0.05, 0) is 0 Å². The van der Waals surface area contributed by atoms with Crippen LogP contribution in [0.3, 0.4) is 0 Å². The largest absolute Gasteiger partial charge is 0.522 e. The third-order valence-electron chi connectivity index (χ3n) is 1.63. The maximum absolute atomic E-state index is 10.7. The molecular formula is C7H19F3N4O3S. The average Bonchev–Trinajstić information content (AvgIpc) is 2.16. The number of halogens is 3. The lowest BCUT2D eigenvalue weighted by Gasteiger charge is -2.18. The molecule has 7 nitrogen and oxygen atoms in total. The van der Waals surface area contributed by atoms with Crippen LogP contribution in [0.15, 0.2) is 0 Å². The van der Waals surface area contributed by atoms with Gasteiger partial charge in [0.1, 0.15) is 0 Å². The highest BCUT2D eigenvalue weighted by atomic mass is 32.2. The topological polar surface area (TPSA) is 136 Å². The van der Waals surface area contributed by atoms with Gasteiger partial charge in [0, 0.05) is 39.3 Å². The molecule has 0 rings (SSSR count). The fourth-order valence-electron chi connectivity index (χ4n) is 0.883. The third-order valence-corrected chi connectivity index (χ3v) is 2.21. The monoisotopic (exact) mass is 296 g/mol. The van der Waals surface area contributed by atoms with Crippen molar-refractivity contribution in [2.45, 2.75) is 5.51 Å². The highest BCUT2D eigenvalue weighted by Gasteiger charge is 2.44. The van der Waals surface area contributed by atoms with Gasteiger partial charge in [0.15, 0.2) is 0 Å². The molecule has 0 heterocycles. The van der Waals surface area contributed by atoms with Gasteiger partial charge in [0.25, 0.3) is 0 Å². The molecule has 0 spiro atoms. The summed E-state index contributed by atoms with van der Waals surface area (Å²) < 4.78 is 57.5. The second-order valence-electron chi connectivity index (χ2n) is 3.13. The average molecular weight is 296 g/mol. The Labute approximate surface area is 104 Å². The third kappa shape index (κ3) is 10.7. The van der Waals surface area contributed by atoms with Gasteiger partial charge < -0.3 is 17.2 Å². The number of nitrogens with two attached hydrogens (primary N) is 3. The van der Waals surface area contributed by atoms with Crippen molar-refractivity contribution >= 4 is 10.1 Å². The van der Waals surface area contributed by atoms with E-state index in [-0.39, 0.29) is 0 Å². The van der Waals surface area contributed by atoms with Gasteiger partial charge in [-0.3, -0.25) is 9.45 Å². The van der Waals surface area contributed by atoms with E-state index in [1.54, 1.807) is 0 Å². The van der Waals surface area contributed by atoms with E-state index in [2.05, 4.69) is 4.90 Å². The Morgan fingerprint density at radius 1 is 0.944 bits per heavy atom. The van der Waals surface area contributed by atoms with Crippen LogP contribution in [0.4, 0.5) is 13.2 Å². The number of hydrogen-bond donors (Lipinski definition) is 4. The van der Waals surface area contributed by atoms with Crippen molar-refractivity contribution in [2.75, 3.05) is 39.3 Å². The van der Waals surface area contributed by atoms with Gasteiger partial charge in [0.2, 0.25) is 0 Å². The first-order valence-corrected chi connectivity index (χ1v) is 6.40. The summed E-state index contributed by atoms with van der Waals surface area (Å²) in [4.78, 5) is 2.17. The van der Waals surface area contributed by atoms with Gasteiger partial charge in [0.05, 0.1) is 0 Å². The minimum atomic E-state index is -5.84. The van der Waals surface area contributed by atoms with E-state index >= 15 is 0 Å². The van der Waals surface area contributed by atoms with Crippen LogP contribution in [0.1, 0.15) is 0 Å². The highest BCUT2D eigenvalue weighted by molar-refractivity contribution is 7.86. The molecule has 0 aliphatic carbocycles. The molecule has 0 aromatic heterocycles. The van der Waals surface area contributed by atoms with Crippen molar-refractivity contribution in [1.29, 1.82) is 0 Å². The Morgan fingerprint density at radius 2 is 1.17 bits per heavy atom. The predicted molar refractivity (Wildman–Crippen MR) is 61.2 cm³/mol. The van der Waals surface area contributed by atoms with Crippen LogP contribution in [-0.4, -0.2) is 62.6 Å². The molecule has 11 heteroatoms. The maximum atomic E-state index is 10.7. The Bertz CT molecular complexity index is 283. The van der Waals surface area contributed by atoms with Gasteiger partial charge in [-0.1, -0.05) is 0 Å². The summed E-state index contributed by atoms with van der Waals surface area (Å²) in [7, 11) is -5.84. The molecule has 7 N–H and O–H groups in total. The summed E-state index contributed by atoms with van der Waals surface area (Å²) in [6.45, 7) is 4.73. The summed E-state index contributed by atoms with van der Waals surface area (Å²) in [5.74, 6) is 0. The molecule has 18 heavy (non-hydrogen) atoms. The lowest BCUT2D eigenvalue weighted by atomic mass is 10.4. The first kappa shape index (κ1) is 19.9. The summed E-state index contributed by atoms with van der Waals surface area (Å²) >= 11 is 0. The summed E-state index contributed by atoms with van der Waals surface area (Å²) in [6.07, 6.45) is 0. The van der Waals surface area contributed by atoms with Crippen LogP contribution in [0.2, 0.25) is 0 Å². The minimum absolute atomic E-state index is 0.681. The van der Waals surface area contributed by atoms with Crippen molar-refractivity contribution in [3.05, 3.63) is 0 Å². The van der Waals surface area contributed by atoms with Crippen LogP contribution in [-0.2, 0) is 10.1 Å². The van der Waals surface area contributed by atoms with E-state index in [1.165, 1.54) is 0 Å². The van der Waals surface area contributed by atoms with Gasteiger partial charge >= 0.3 is 15.6 Å². The zero-order valence-corrected chi connectivity index (χ0v) is 10.5. The van der Waals surface area contributed by atoms with Crippen LogP contribution in [0, 0.1) is 0 Å². The van der Waals surface area contributed by atoms with Crippen LogP contribution >= 0.6 is 0 Å². The maximum Gasteiger partial charge on any atom is 0.522 e. The van der Waals surface area contributed by atoms with Crippen molar-refractivity contribution in [2.24, 2.45) is 17.2 Å². The quantitative estimate of drug-likeness (QED) is 0.348. The fourth-order valence-corrected chi connectivity index (χ4v) is 0.883. The molecule has 0 bridgehead atoms. The molecule has 0 fully saturated rings. The fraction of sp³-hybridized carbons (Fsp3) is 1.00. The van der Waals surface area contributed by atoms with E-state index in [1.807, 2.05) is 0 Å². The van der Waals surface area contributed by atoms with E-state index in [4.69, 9.17) is 30.2 Å². The van der Waals surface area contributed by atoms with Crippen molar-refractivity contribution in [3.63, 3.8) is 0 Å². The Balaban J connectivity index is 0. The summed E-state index contributed by atoms with van der Waals surface area (Å²) in [5, 5.41) is 0. The molecule has 0 aromatic carbocycles. The molecule has 0 aromatic rings. The zero-order chi connectivity index (χ0) is 14.8. The molecule has 0 aliphatic rings. The molecule has 112 valence electrons. The van der Waals surface area contributed by atoms with Crippen LogP contribution in [0.25, 0.3) is 0 Å². The molecular weight excluding hydrogens is 277 g/mol. The van der Waals surface area contributed by atoms with E-state index < -0.39 is 15.6 Å². The van der Waals surface area contributed by atoms with Crippen LogP contribution < -0.4 is 17.2 Å². The van der Waals surface area contributed by atoms with E-state index in [0.717, 1.165) is 19.6 Å². The smallest absolute Gasteiger partial charge is 0.329 e. The lowest BCUT2D eigenvalue weighted by molar-refractivity contribution is -0.0510. The van der Waals surface area contributed by atoms with Crippen LogP contribution in [0.5, 0.6) is 0 Å². The Kier molecular flexibility index (Phi) is 10.5. The molecule has 0 aliphatic heterocycles. The van der Waals surface area contributed by atoms with Gasteiger partial charge in [-0.15, -0.1) is 0 Å². The van der Waals surface area contributed by atoms with Crippen molar-refractivity contribution in [1.82, 2.24) is 4.90 Å². The molecule has 0 radical (unpaired) electrons. The molecule has 0 unspecified atom stereocenters. The van der Waals surface area contributed by atoms with E-state index in [0.29, 0.717) is 19.6 Å². The molecule has 0 atom stereocenters. The number of nitrogens with zero attached hydrogens (tertiary/aromatic N) is 1. The Morgan fingerprint density at radius 3 is 1.28 bits per heavy atom. The van der Waals surface area contributed by atoms with Crippen molar-refractivity contribution in [3.8, 4) is 0 Å². The predicted octanol–water partition coefficient (Wildman–Crippen LogP) is -1.44. The standard InChI is InChI=1S/C6H18N4.CHF3O3S/c7-1-4-10(5-2-8)6-3-9;2-1(3,4)8(5,6)7/h1-9H2;(H,5,6,7). The zero-order valence-electron chi connectivity index (χ0n) is 9.73. The summed E-state index contributed by atoms with van der Waals surface area (Å²) in [6, 6.07) is 0. The molecule has 0 saturated heterocycles. The number of hydrogen-bond acceptors (Lipinski definition) is 6. The van der Waals surface area contributed by atoms with Crippen molar-refractivity contribution < 1.29 is 26.1 Å². The summed E-state index contributed by atoms with van der Waals surface area (Å²) in [5.41, 5.74) is 10.6. The number of alkyl halides is 3. The van der Waals surface area contributed by atoms with Gasteiger partial charge in [-0.2, -0.15) is 21.6 Å². The molecule has 0 amide bonds. The lowest BCUT2D eigenvalue weighted by Crippen LogP contribution is -2.37. The first-order chi connectivity index (χ1) is 8.10. The molecule has 0 saturated carbocycles. The minimum Gasteiger partial charge on any atom is -0.329 e. The van der Waals surface area contributed by atoms with E-state index in [9.17, 15) is 13.2 Å².